The molecule has 0 unspecified atom stereocenters. The number of rotatable bonds is 8. The molecular formula is C20H24ClNO3. The molecule has 4 nitrogen and oxygen atoms in total. The van der Waals surface area contributed by atoms with Crippen molar-refractivity contribution in [1.82, 2.24) is 5.32 Å². The zero-order valence-electron chi connectivity index (χ0n) is 14.8. The quantitative estimate of drug-likeness (QED) is 0.693. The molecule has 1 N–H and O–H groups in total. The van der Waals surface area contributed by atoms with Gasteiger partial charge in [-0.15, -0.1) is 0 Å². The maximum absolute atomic E-state index is 12.1. The van der Waals surface area contributed by atoms with Crippen molar-refractivity contribution in [1.29, 1.82) is 0 Å². The van der Waals surface area contributed by atoms with Crippen LogP contribution in [0.1, 0.15) is 36.9 Å². The fourth-order valence-electron chi connectivity index (χ4n) is 2.55. The Morgan fingerprint density at radius 2 is 2.00 bits per heavy atom. The highest BCUT2D eigenvalue weighted by atomic mass is 35.5. The van der Waals surface area contributed by atoms with Crippen LogP contribution in [0, 0.1) is 6.92 Å². The predicted octanol–water partition coefficient (Wildman–Crippen LogP) is 4.69. The fraction of sp³-hybridized carbons (Fsp3) is 0.350. The van der Waals surface area contributed by atoms with E-state index in [9.17, 15) is 4.79 Å². The van der Waals surface area contributed by atoms with E-state index < -0.39 is 0 Å². The lowest BCUT2D eigenvalue weighted by molar-refractivity contribution is -0.121. The van der Waals surface area contributed by atoms with E-state index in [1.165, 1.54) is 0 Å². The van der Waals surface area contributed by atoms with Crippen LogP contribution in [0.15, 0.2) is 42.5 Å². The standard InChI is InChI=1S/C20H24ClNO3/c1-14-13-16(10-11-18(14)21)25-12-6-9-20(23)22-15(2)17-7-4-5-8-19(17)24-3/h4-5,7-8,10-11,13,15H,6,9,12H2,1-3H3,(H,22,23)/t15-/m0/s1. The Bertz CT molecular complexity index is 718. The summed E-state index contributed by atoms with van der Waals surface area (Å²) in [7, 11) is 1.63. The molecule has 0 aliphatic rings. The molecule has 0 aliphatic carbocycles. The minimum absolute atomic E-state index is 0.00528. The number of amides is 1. The van der Waals surface area contributed by atoms with Crippen molar-refractivity contribution in [3.63, 3.8) is 0 Å². The van der Waals surface area contributed by atoms with Crippen molar-refractivity contribution < 1.29 is 14.3 Å². The van der Waals surface area contributed by atoms with Crippen molar-refractivity contribution in [2.45, 2.75) is 32.7 Å². The van der Waals surface area contributed by atoms with E-state index >= 15 is 0 Å². The van der Waals surface area contributed by atoms with Gasteiger partial charge in [0.15, 0.2) is 0 Å². The van der Waals surface area contributed by atoms with Gasteiger partial charge in [-0.2, -0.15) is 0 Å². The number of hydrogen-bond acceptors (Lipinski definition) is 3. The van der Waals surface area contributed by atoms with Crippen LogP contribution in [0.4, 0.5) is 0 Å². The van der Waals surface area contributed by atoms with E-state index in [1.807, 2.05) is 56.3 Å². The molecule has 0 saturated carbocycles. The van der Waals surface area contributed by atoms with E-state index in [2.05, 4.69) is 5.32 Å². The number of methoxy groups -OCH3 is 1. The summed E-state index contributed by atoms with van der Waals surface area (Å²) in [4.78, 5) is 12.1. The van der Waals surface area contributed by atoms with Gasteiger partial charge < -0.3 is 14.8 Å². The first-order chi connectivity index (χ1) is 12.0. The van der Waals surface area contributed by atoms with Crippen molar-refractivity contribution >= 4 is 17.5 Å². The van der Waals surface area contributed by atoms with Crippen LogP contribution in [0.2, 0.25) is 5.02 Å². The molecule has 1 atom stereocenters. The molecule has 134 valence electrons. The number of aryl methyl sites for hydroxylation is 1. The van der Waals surface area contributed by atoms with E-state index in [0.29, 0.717) is 19.4 Å². The van der Waals surface area contributed by atoms with Crippen molar-refractivity contribution in [2.24, 2.45) is 0 Å². The maximum Gasteiger partial charge on any atom is 0.220 e. The summed E-state index contributed by atoms with van der Waals surface area (Å²) in [5.41, 5.74) is 1.94. The molecule has 2 aromatic carbocycles. The van der Waals surface area contributed by atoms with Gasteiger partial charge in [-0.1, -0.05) is 29.8 Å². The average molecular weight is 362 g/mol. The maximum atomic E-state index is 12.1. The van der Waals surface area contributed by atoms with Crippen LogP contribution >= 0.6 is 11.6 Å². The predicted molar refractivity (Wildman–Crippen MR) is 100 cm³/mol. The third-order valence-corrected chi connectivity index (χ3v) is 4.35. The van der Waals surface area contributed by atoms with Crippen LogP contribution < -0.4 is 14.8 Å². The Balaban J connectivity index is 1.75. The third-order valence-electron chi connectivity index (χ3n) is 3.93. The molecule has 0 saturated heterocycles. The smallest absolute Gasteiger partial charge is 0.220 e. The van der Waals surface area contributed by atoms with E-state index in [-0.39, 0.29) is 11.9 Å². The molecule has 2 rings (SSSR count). The Morgan fingerprint density at radius 3 is 2.72 bits per heavy atom. The van der Waals surface area contributed by atoms with Crippen molar-refractivity contribution in [3.05, 3.63) is 58.6 Å². The number of nitrogens with one attached hydrogen (secondary N) is 1. The van der Waals surface area contributed by atoms with E-state index in [0.717, 1.165) is 27.6 Å². The minimum Gasteiger partial charge on any atom is -0.496 e. The van der Waals surface area contributed by atoms with Gasteiger partial charge in [0, 0.05) is 17.0 Å². The second-order valence-corrected chi connectivity index (χ2v) is 6.30. The normalized spacial score (nSPS) is 11.7. The highest BCUT2D eigenvalue weighted by Gasteiger charge is 2.13. The molecule has 25 heavy (non-hydrogen) atoms. The Labute approximate surface area is 154 Å². The molecular weight excluding hydrogens is 338 g/mol. The van der Waals surface area contributed by atoms with Crippen LogP contribution in [0.3, 0.4) is 0 Å². The molecule has 0 spiro atoms. The molecule has 0 heterocycles. The Kier molecular flexibility index (Phi) is 7.14. The van der Waals surface area contributed by atoms with Crippen molar-refractivity contribution in [2.75, 3.05) is 13.7 Å². The van der Waals surface area contributed by atoms with Gasteiger partial charge in [-0.05, 0) is 50.1 Å². The summed E-state index contributed by atoms with van der Waals surface area (Å²) >= 11 is 5.99. The van der Waals surface area contributed by atoms with Crippen LogP contribution in [0.25, 0.3) is 0 Å². The molecule has 5 heteroatoms. The molecule has 0 radical (unpaired) electrons. The van der Waals surface area contributed by atoms with Gasteiger partial charge in [0.1, 0.15) is 11.5 Å². The first-order valence-corrected chi connectivity index (χ1v) is 8.70. The number of para-hydroxylation sites is 1. The number of carbonyl (C=O) groups excluding carboxylic acids is 1. The van der Waals surface area contributed by atoms with E-state index in [1.54, 1.807) is 7.11 Å². The molecule has 0 aromatic heterocycles. The number of hydrogen-bond donors (Lipinski definition) is 1. The number of carbonyl (C=O) groups is 1. The fourth-order valence-corrected chi connectivity index (χ4v) is 2.66. The van der Waals surface area contributed by atoms with Crippen molar-refractivity contribution in [3.8, 4) is 11.5 Å². The van der Waals surface area contributed by atoms with E-state index in [4.69, 9.17) is 21.1 Å². The Morgan fingerprint density at radius 1 is 1.24 bits per heavy atom. The lowest BCUT2D eigenvalue weighted by Gasteiger charge is -2.17. The third kappa shape index (κ3) is 5.68. The van der Waals surface area contributed by atoms with Gasteiger partial charge in [0.25, 0.3) is 0 Å². The second kappa shape index (κ2) is 9.33. The monoisotopic (exact) mass is 361 g/mol. The highest BCUT2D eigenvalue weighted by molar-refractivity contribution is 6.31. The average Bonchev–Trinajstić information content (AvgIpc) is 2.61. The summed E-state index contributed by atoms with van der Waals surface area (Å²) in [6, 6.07) is 13.1. The van der Waals surface area contributed by atoms with Gasteiger partial charge in [0.2, 0.25) is 5.91 Å². The zero-order chi connectivity index (χ0) is 18.2. The second-order valence-electron chi connectivity index (χ2n) is 5.89. The lowest BCUT2D eigenvalue weighted by atomic mass is 10.1. The van der Waals surface area contributed by atoms with Gasteiger partial charge in [-0.3, -0.25) is 4.79 Å². The molecule has 0 aliphatic heterocycles. The topological polar surface area (TPSA) is 47.6 Å². The molecule has 2 aromatic rings. The minimum atomic E-state index is -0.108. The summed E-state index contributed by atoms with van der Waals surface area (Å²) in [5, 5.41) is 3.71. The number of benzene rings is 2. The van der Waals surface area contributed by atoms with Gasteiger partial charge >= 0.3 is 0 Å². The van der Waals surface area contributed by atoms with Gasteiger partial charge in [-0.25, -0.2) is 0 Å². The summed E-state index contributed by atoms with van der Waals surface area (Å²) in [6.45, 7) is 4.36. The summed E-state index contributed by atoms with van der Waals surface area (Å²) < 4.78 is 11.0. The molecule has 0 fully saturated rings. The Hall–Kier alpha value is -2.20. The van der Waals surface area contributed by atoms with Crippen LogP contribution in [-0.4, -0.2) is 19.6 Å². The first kappa shape index (κ1) is 19.1. The molecule has 1 amide bonds. The first-order valence-electron chi connectivity index (χ1n) is 8.32. The zero-order valence-corrected chi connectivity index (χ0v) is 15.6. The number of ether oxygens (including phenoxy) is 2. The largest absolute Gasteiger partial charge is 0.496 e. The van der Waals surface area contributed by atoms with Crippen LogP contribution in [-0.2, 0) is 4.79 Å². The molecule has 0 bridgehead atoms. The summed E-state index contributed by atoms with van der Waals surface area (Å²) in [6.07, 6.45) is 1.05. The number of halogens is 1. The van der Waals surface area contributed by atoms with Crippen LogP contribution in [0.5, 0.6) is 11.5 Å². The SMILES string of the molecule is COc1ccccc1[C@H](C)NC(=O)CCCOc1ccc(Cl)c(C)c1. The summed E-state index contributed by atoms with van der Waals surface area (Å²) in [5.74, 6) is 1.54. The van der Waals surface area contributed by atoms with Gasteiger partial charge in [0.05, 0.1) is 19.8 Å². The highest BCUT2D eigenvalue weighted by Crippen LogP contribution is 2.24. The lowest BCUT2D eigenvalue weighted by Crippen LogP contribution is -2.27.